The first-order valence-electron chi connectivity index (χ1n) is 9.83. The maximum Gasteiger partial charge on any atom is 0.407 e. The Hall–Kier alpha value is -2.74. The third kappa shape index (κ3) is 5.44. The second-order valence-electron chi connectivity index (χ2n) is 8.60. The second-order valence-corrected chi connectivity index (χ2v) is 9.03. The van der Waals surface area contributed by atoms with Crippen LogP contribution >= 0.6 is 11.6 Å². The number of carbonyl (C=O) groups is 3. The van der Waals surface area contributed by atoms with Gasteiger partial charge in [-0.15, -0.1) is 0 Å². The monoisotopic (exact) mass is 435 g/mol. The number of fused-ring (bicyclic) bond motifs is 1. The first-order valence-corrected chi connectivity index (χ1v) is 10.2. The van der Waals surface area contributed by atoms with Gasteiger partial charge in [0.25, 0.3) is 5.91 Å². The van der Waals surface area contributed by atoms with Crippen molar-refractivity contribution in [1.82, 2.24) is 15.6 Å². The lowest BCUT2D eigenvalue weighted by Crippen LogP contribution is -2.55. The standard InChI is InChI=1S/C21H26ClN3O5/c1-21(2,3)30-20(29)25-16-9-11(19(27)28)4-6-15(16)24-18(26)17-10-12-8-13(22)5-7-14(12)23-17/h5,7-8,10-11,15-16,23H,4,6,9H2,1-3H3,(H,24,26)(H,25,29)(H,27,28)/t11-,15+,16+/m1/s1. The molecule has 4 N–H and O–H groups in total. The van der Waals surface area contributed by atoms with Crippen molar-refractivity contribution in [2.24, 2.45) is 5.92 Å². The minimum Gasteiger partial charge on any atom is -0.481 e. The van der Waals surface area contributed by atoms with E-state index in [1.165, 1.54) is 0 Å². The Morgan fingerprint density at radius 2 is 1.87 bits per heavy atom. The number of benzene rings is 1. The van der Waals surface area contributed by atoms with Crippen LogP contribution in [0.5, 0.6) is 0 Å². The van der Waals surface area contributed by atoms with E-state index in [1.807, 2.05) is 0 Å². The second kappa shape index (κ2) is 8.55. The van der Waals surface area contributed by atoms with E-state index in [4.69, 9.17) is 16.3 Å². The fraction of sp³-hybridized carbons (Fsp3) is 0.476. The molecule has 1 aliphatic rings. The molecular formula is C21H26ClN3O5. The molecule has 30 heavy (non-hydrogen) atoms. The van der Waals surface area contributed by atoms with Crippen LogP contribution in [0.3, 0.4) is 0 Å². The van der Waals surface area contributed by atoms with E-state index in [0.29, 0.717) is 23.6 Å². The van der Waals surface area contributed by atoms with Crippen LogP contribution in [0.15, 0.2) is 24.3 Å². The molecule has 8 nitrogen and oxygen atoms in total. The number of nitrogens with one attached hydrogen (secondary N) is 3. The summed E-state index contributed by atoms with van der Waals surface area (Å²) in [5.41, 5.74) is 0.459. The van der Waals surface area contributed by atoms with Crippen LogP contribution in [0.1, 0.15) is 50.5 Å². The van der Waals surface area contributed by atoms with Gasteiger partial charge >= 0.3 is 12.1 Å². The molecule has 0 unspecified atom stereocenters. The van der Waals surface area contributed by atoms with Crippen LogP contribution in [-0.2, 0) is 9.53 Å². The molecule has 3 rings (SSSR count). The fourth-order valence-electron chi connectivity index (χ4n) is 3.66. The quantitative estimate of drug-likeness (QED) is 0.583. The highest BCUT2D eigenvalue weighted by Crippen LogP contribution is 2.26. The molecule has 0 saturated heterocycles. The number of carboxylic acids is 1. The zero-order valence-corrected chi connectivity index (χ0v) is 17.9. The summed E-state index contributed by atoms with van der Waals surface area (Å²) < 4.78 is 5.30. The number of alkyl carbamates (subject to hydrolysis) is 1. The summed E-state index contributed by atoms with van der Waals surface area (Å²) in [6.07, 6.45) is 0.407. The SMILES string of the molecule is CC(C)(C)OC(=O)N[C@H]1C[C@H](C(=O)O)CC[C@@H]1NC(=O)c1cc2cc(Cl)ccc2[nH]1. The van der Waals surface area contributed by atoms with Gasteiger partial charge in [-0.1, -0.05) is 11.6 Å². The van der Waals surface area contributed by atoms with E-state index in [9.17, 15) is 19.5 Å². The third-order valence-electron chi connectivity index (χ3n) is 5.05. The molecule has 1 aromatic carbocycles. The summed E-state index contributed by atoms with van der Waals surface area (Å²) >= 11 is 6.00. The molecule has 0 aliphatic heterocycles. The van der Waals surface area contributed by atoms with E-state index < -0.39 is 35.7 Å². The van der Waals surface area contributed by atoms with Crippen molar-refractivity contribution in [2.75, 3.05) is 0 Å². The molecule has 162 valence electrons. The molecular weight excluding hydrogens is 410 g/mol. The molecule has 9 heteroatoms. The summed E-state index contributed by atoms with van der Waals surface area (Å²) in [5, 5.41) is 16.4. The van der Waals surface area contributed by atoms with Gasteiger partial charge in [0.15, 0.2) is 0 Å². The largest absolute Gasteiger partial charge is 0.481 e. The summed E-state index contributed by atoms with van der Waals surface area (Å²) in [4.78, 5) is 39.5. The number of carbonyl (C=O) groups excluding carboxylic acids is 2. The van der Waals surface area contributed by atoms with Crippen molar-refractivity contribution in [1.29, 1.82) is 0 Å². The van der Waals surface area contributed by atoms with Gasteiger partial charge in [0.2, 0.25) is 0 Å². The summed E-state index contributed by atoms with van der Waals surface area (Å²) in [6, 6.07) is 6.01. The number of aliphatic carboxylic acids is 1. The molecule has 1 aliphatic carbocycles. The van der Waals surface area contributed by atoms with Crippen molar-refractivity contribution in [3.63, 3.8) is 0 Å². The van der Waals surface area contributed by atoms with Crippen LogP contribution in [0.4, 0.5) is 4.79 Å². The molecule has 0 bridgehead atoms. The van der Waals surface area contributed by atoms with Gasteiger partial charge < -0.3 is 25.5 Å². The minimum atomic E-state index is -0.914. The number of hydrogen-bond donors (Lipinski definition) is 4. The van der Waals surface area contributed by atoms with Crippen molar-refractivity contribution < 1.29 is 24.2 Å². The molecule has 1 saturated carbocycles. The predicted molar refractivity (Wildman–Crippen MR) is 113 cm³/mol. The Kier molecular flexibility index (Phi) is 6.26. The Morgan fingerprint density at radius 3 is 2.53 bits per heavy atom. The molecule has 1 fully saturated rings. The molecule has 2 amide bonds. The fourth-order valence-corrected chi connectivity index (χ4v) is 3.84. The maximum atomic E-state index is 12.8. The molecule has 1 aromatic heterocycles. The summed E-state index contributed by atoms with van der Waals surface area (Å²) in [7, 11) is 0. The highest BCUT2D eigenvalue weighted by Gasteiger charge is 2.36. The molecule has 1 heterocycles. The average Bonchev–Trinajstić information content (AvgIpc) is 3.04. The van der Waals surface area contributed by atoms with Crippen molar-refractivity contribution >= 4 is 40.5 Å². The Morgan fingerprint density at radius 1 is 1.13 bits per heavy atom. The molecule has 3 atom stereocenters. The number of H-pyrrole nitrogens is 1. The van der Waals surface area contributed by atoms with Crippen molar-refractivity contribution in [2.45, 2.75) is 57.7 Å². The lowest BCUT2D eigenvalue weighted by molar-refractivity contribution is -0.143. The predicted octanol–water partition coefficient (Wildman–Crippen LogP) is 3.70. The molecule has 0 spiro atoms. The highest BCUT2D eigenvalue weighted by molar-refractivity contribution is 6.31. The maximum absolute atomic E-state index is 12.8. The minimum absolute atomic E-state index is 0.210. The van der Waals surface area contributed by atoms with Crippen LogP contribution in [0, 0.1) is 5.92 Å². The van der Waals surface area contributed by atoms with E-state index in [1.54, 1.807) is 45.0 Å². The summed E-state index contributed by atoms with van der Waals surface area (Å²) in [5.74, 6) is -1.84. The first kappa shape index (κ1) is 22.0. The van der Waals surface area contributed by atoms with Gasteiger partial charge in [0.05, 0.1) is 12.0 Å². The van der Waals surface area contributed by atoms with Crippen molar-refractivity contribution in [3.05, 3.63) is 35.0 Å². The van der Waals surface area contributed by atoms with E-state index in [0.717, 1.165) is 10.9 Å². The van der Waals surface area contributed by atoms with Gasteiger partial charge in [-0.2, -0.15) is 0 Å². The number of aromatic amines is 1. The number of ether oxygens (including phenoxy) is 1. The van der Waals surface area contributed by atoms with E-state index in [-0.39, 0.29) is 12.3 Å². The van der Waals surface area contributed by atoms with Crippen LogP contribution in [0.25, 0.3) is 10.9 Å². The summed E-state index contributed by atoms with van der Waals surface area (Å²) in [6.45, 7) is 5.23. The van der Waals surface area contributed by atoms with Gasteiger partial charge in [-0.3, -0.25) is 9.59 Å². The normalized spacial score (nSPS) is 21.8. The average molecular weight is 436 g/mol. The third-order valence-corrected chi connectivity index (χ3v) is 5.28. The van der Waals surface area contributed by atoms with Gasteiger partial charge in [0.1, 0.15) is 11.3 Å². The Balaban J connectivity index is 1.73. The van der Waals surface area contributed by atoms with Gasteiger partial charge in [-0.25, -0.2) is 4.79 Å². The zero-order chi connectivity index (χ0) is 22.1. The number of amides is 2. The lowest BCUT2D eigenvalue weighted by Gasteiger charge is -2.35. The smallest absolute Gasteiger partial charge is 0.407 e. The Labute approximate surface area is 179 Å². The van der Waals surface area contributed by atoms with Gasteiger partial charge in [-0.05, 0) is 64.3 Å². The lowest BCUT2D eigenvalue weighted by atomic mass is 9.82. The van der Waals surface area contributed by atoms with E-state index in [2.05, 4.69) is 15.6 Å². The Bertz CT molecular complexity index is 965. The molecule has 2 aromatic rings. The van der Waals surface area contributed by atoms with Gasteiger partial charge in [0, 0.05) is 22.0 Å². The van der Waals surface area contributed by atoms with Crippen LogP contribution in [0.2, 0.25) is 5.02 Å². The first-order chi connectivity index (χ1) is 14.0. The topological polar surface area (TPSA) is 121 Å². The number of hydrogen-bond acceptors (Lipinski definition) is 4. The number of carboxylic acid groups (broad SMARTS) is 1. The number of rotatable bonds is 4. The number of halogens is 1. The van der Waals surface area contributed by atoms with Crippen LogP contribution in [-0.4, -0.2) is 45.7 Å². The zero-order valence-electron chi connectivity index (χ0n) is 17.1. The number of aromatic nitrogens is 1. The van der Waals surface area contributed by atoms with Crippen LogP contribution < -0.4 is 10.6 Å². The molecule has 0 radical (unpaired) electrons. The van der Waals surface area contributed by atoms with E-state index >= 15 is 0 Å². The van der Waals surface area contributed by atoms with Crippen molar-refractivity contribution in [3.8, 4) is 0 Å². The highest BCUT2D eigenvalue weighted by atomic mass is 35.5.